The molecule has 10 heteroatoms. The van der Waals surface area contributed by atoms with Gasteiger partial charge < -0.3 is 20.1 Å². The van der Waals surface area contributed by atoms with Crippen molar-refractivity contribution in [1.82, 2.24) is 10.6 Å². The summed E-state index contributed by atoms with van der Waals surface area (Å²) in [7, 11) is 0. The monoisotopic (exact) mass is 454 g/mol. The first-order valence-corrected chi connectivity index (χ1v) is 9.83. The maximum Gasteiger partial charge on any atom is 0.258 e. The molecule has 0 aromatic heterocycles. The Labute approximate surface area is 180 Å². The summed E-state index contributed by atoms with van der Waals surface area (Å²) in [5.74, 6) is -3.07. The van der Waals surface area contributed by atoms with E-state index in [1.165, 1.54) is 12.1 Å². The molecule has 0 radical (unpaired) electrons. The standard InChI is InChI=1S/C21H18ClF3N2O4/c22-14-3-2-13(6-15(14)24)30-7-18(28)26-20-9-21(10-20,11-20)27-19(29)8-31-17-4-1-12(23)5-16(17)25/h1-6H,7-11H2,(H,26,28)(H,27,29). The van der Waals surface area contributed by atoms with Crippen LogP contribution in [-0.2, 0) is 9.59 Å². The van der Waals surface area contributed by atoms with E-state index in [9.17, 15) is 22.8 Å². The van der Waals surface area contributed by atoms with Crippen LogP contribution in [0.2, 0.25) is 5.02 Å². The van der Waals surface area contributed by atoms with Gasteiger partial charge in [-0.25, -0.2) is 13.2 Å². The Hall–Kier alpha value is -2.94. The van der Waals surface area contributed by atoms with E-state index < -0.39 is 41.0 Å². The molecule has 0 heterocycles. The molecule has 5 rings (SSSR count). The van der Waals surface area contributed by atoms with Crippen LogP contribution >= 0.6 is 11.6 Å². The Bertz CT molecular complexity index is 1030. The van der Waals surface area contributed by atoms with Crippen molar-refractivity contribution < 1.29 is 32.2 Å². The van der Waals surface area contributed by atoms with Gasteiger partial charge in [0.15, 0.2) is 24.8 Å². The topological polar surface area (TPSA) is 76.7 Å². The number of rotatable bonds is 8. The van der Waals surface area contributed by atoms with Gasteiger partial charge in [0.05, 0.1) is 5.02 Å². The third kappa shape index (κ3) is 4.56. The quantitative estimate of drug-likeness (QED) is 0.642. The van der Waals surface area contributed by atoms with Gasteiger partial charge in [0.2, 0.25) is 0 Å². The predicted molar refractivity (Wildman–Crippen MR) is 104 cm³/mol. The molecule has 2 aromatic rings. The second kappa shape index (κ2) is 7.96. The second-order valence-corrected chi connectivity index (χ2v) is 8.32. The average molecular weight is 455 g/mol. The minimum atomic E-state index is -0.886. The summed E-state index contributed by atoms with van der Waals surface area (Å²) in [5, 5.41) is 5.67. The average Bonchev–Trinajstić information content (AvgIpc) is 2.65. The van der Waals surface area contributed by atoms with E-state index in [4.69, 9.17) is 21.1 Å². The van der Waals surface area contributed by atoms with E-state index in [0.717, 1.165) is 18.2 Å². The number of amides is 2. The molecule has 3 fully saturated rings. The van der Waals surface area contributed by atoms with Crippen LogP contribution in [0.3, 0.4) is 0 Å². The van der Waals surface area contributed by atoms with E-state index in [1.807, 2.05) is 0 Å². The lowest BCUT2D eigenvalue weighted by Gasteiger charge is -2.70. The van der Waals surface area contributed by atoms with Crippen LogP contribution in [0.1, 0.15) is 19.3 Å². The molecule has 2 aromatic carbocycles. The smallest absolute Gasteiger partial charge is 0.258 e. The number of hydrogen-bond donors (Lipinski definition) is 2. The van der Waals surface area contributed by atoms with E-state index in [2.05, 4.69) is 10.6 Å². The van der Waals surface area contributed by atoms with Crippen LogP contribution < -0.4 is 20.1 Å². The lowest BCUT2D eigenvalue weighted by atomic mass is 9.44. The minimum Gasteiger partial charge on any atom is -0.484 e. The molecule has 0 spiro atoms. The zero-order valence-electron chi connectivity index (χ0n) is 16.1. The Morgan fingerprint density at radius 2 is 1.48 bits per heavy atom. The summed E-state index contributed by atoms with van der Waals surface area (Å²) in [6.45, 7) is -0.686. The van der Waals surface area contributed by atoms with Crippen molar-refractivity contribution >= 4 is 23.4 Å². The molecule has 6 nitrogen and oxygen atoms in total. The number of ether oxygens (including phenoxy) is 2. The molecular weight excluding hydrogens is 437 g/mol. The fourth-order valence-corrected chi connectivity index (χ4v) is 4.29. The highest BCUT2D eigenvalue weighted by atomic mass is 35.5. The maximum atomic E-state index is 13.5. The van der Waals surface area contributed by atoms with Crippen LogP contribution in [0.4, 0.5) is 13.2 Å². The summed E-state index contributed by atoms with van der Waals surface area (Å²) < 4.78 is 50.2. The van der Waals surface area contributed by atoms with Gasteiger partial charge in [-0.2, -0.15) is 0 Å². The van der Waals surface area contributed by atoms with Crippen LogP contribution in [0.15, 0.2) is 36.4 Å². The highest BCUT2D eigenvalue weighted by Crippen LogP contribution is 2.60. The molecule has 0 unspecified atom stereocenters. The molecule has 31 heavy (non-hydrogen) atoms. The molecule has 3 saturated carbocycles. The number of nitrogens with one attached hydrogen (secondary N) is 2. The first-order chi connectivity index (χ1) is 14.7. The van der Waals surface area contributed by atoms with E-state index in [0.29, 0.717) is 25.3 Å². The molecule has 2 N–H and O–H groups in total. The van der Waals surface area contributed by atoms with Crippen molar-refractivity contribution in [2.45, 2.75) is 30.3 Å². The second-order valence-electron chi connectivity index (χ2n) is 7.92. The van der Waals surface area contributed by atoms with Crippen molar-refractivity contribution in [1.29, 1.82) is 0 Å². The zero-order valence-corrected chi connectivity index (χ0v) is 16.9. The third-order valence-electron chi connectivity index (χ3n) is 5.35. The molecular formula is C21H18ClF3N2O4. The Balaban J connectivity index is 1.18. The van der Waals surface area contributed by atoms with E-state index in [1.54, 1.807) is 0 Å². The van der Waals surface area contributed by atoms with Crippen LogP contribution in [0.5, 0.6) is 11.5 Å². The Kier molecular flexibility index (Phi) is 5.47. The molecule has 3 aliphatic rings. The molecule has 0 atom stereocenters. The lowest BCUT2D eigenvalue weighted by molar-refractivity contribution is -0.151. The molecule has 164 valence electrons. The van der Waals surface area contributed by atoms with Crippen molar-refractivity contribution in [3.05, 3.63) is 58.9 Å². The fourth-order valence-electron chi connectivity index (χ4n) is 4.17. The lowest BCUT2D eigenvalue weighted by Crippen LogP contribution is -2.84. The third-order valence-corrected chi connectivity index (χ3v) is 5.66. The van der Waals surface area contributed by atoms with E-state index >= 15 is 0 Å². The number of carbonyl (C=O) groups is 2. The number of halogens is 4. The van der Waals surface area contributed by atoms with Crippen molar-refractivity contribution in [3.8, 4) is 11.5 Å². The fraction of sp³-hybridized carbons (Fsp3) is 0.333. The van der Waals surface area contributed by atoms with Gasteiger partial charge in [0.1, 0.15) is 17.4 Å². The summed E-state index contributed by atoms with van der Waals surface area (Å²) in [6.07, 6.45) is 1.66. The molecule has 0 saturated heterocycles. The number of hydrogen-bond acceptors (Lipinski definition) is 4. The summed E-state index contributed by atoms with van der Waals surface area (Å²) in [5.41, 5.74) is -0.821. The van der Waals surface area contributed by atoms with Gasteiger partial charge in [0.25, 0.3) is 11.8 Å². The van der Waals surface area contributed by atoms with Crippen molar-refractivity contribution in [3.63, 3.8) is 0 Å². The van der Waals surface area contributed by atoms with Crippen LogP contribution in [0, 0.1) is 17.5 Å². The van der Waals surface area contributed by atoms with Gasteiger partial charge in [-0.1, -0.05) is 11.6 Å². The maximum absolute atomic E-state index is 13.5. The van der Waals surface area contributed by atoms with Crippen LogP contribution in [-0.4, -0.2) is 36.1 Å². The predicted octanol–water partition coefficient (Wildman–Crippen LogP) is 3.12. The minimum absolute atomic E-state index is 0.0359. The SMILES string of the molecule is O=C(COc1ccc(Cl)c(F)c1)NC12CC(NC(=O)COc3ccc(F)cc3F)(C1)C2. The summed E-state index contributed by atoms with van der Waals surface area (Å²) >= 11 is 5.60. The van der Waals surface area contributed by atoms with Crippen molar-refractivity contribution in [2.75, 3.05) is 13.2 Å². The first kappa shape index (κ1) is 21.3. The molecule has 3 aliphatic carbocycles. The van der Waals surface area contributed by atoms with Gasteiger partial charge in [-0.05, 0) is 43.5 Å². The molecule has 2 amide bonds. The highest BCUT2D eigenvalue weighted by Gasteiger charge is 2.69. The highest BCUT2D eigenvalue weighted by molar-refractivity contribution is 6.30. The Morgan fingerprint density at radius 3 is 2.06 bits per heavy atom. The number of carbonyl (C=O) groups excluding carboxylic acids is 2. The first-order valence-electron chi connectivity index (χ1n) is 9.45. The molecule has 2 bridgehead atoms. The van der Waals surface area contributed by atoms with Gasteiger partial charge in [0, 0.05) is 23.2 Å². The normalized spacial score (nSPS) is 23.2. The van der Waals surface area contributed by atoms with E-state index in [-0.39, 0.29) is 29.0 Å². The summed E-state index contributed by atoms with van der Waals surface area (Å²) in [4.78, 5) is 24.2. The van der Waals surface area contributed by atoms with Gasteiger partial charge >= 0.3 is 0 Å². The van der Waals surface area contributed by atoms with Gasteiger partial charge in [-0.3, -0.25) is 9.59 Å². The van der Waals surface area contributed by atoms with Crippen LogP contribution in [0.25, 0.3) is 0 Å². The largest absolute Gasteiger partial charge is 0.484 e. The van der Waals surface area contributed by atoms with Gasteiger partial charge in [-0.15, -0.1) is 0 Å². The zero-order chi connectivity index (χ0) is 22.2. The molecule has 0 aliphatic heterocycles. The summed E-state index contributed by atoms with van der Waals surface area (Å²) in [6, 6.07) is 6.73. The number of benzene rings is 2. The van der Waals surface area contributed by atoms with Crippen molar-refractivity contribution in [2.24, 2.45) is 0 Å². The Morgan fingerprint density at radius 1 is 0.871 bits per heavy atom.